The number of hydrogen-bond donors (Lipinski definition) is 0. The van der Waals surface area contributed by atoms with Crippen molar-refractivity contribution in [3.8, 4) is 34.1 Å². The maximum atomic E-state index is 3.46. The van der Waals surface area contributed by atoms with Gasteiger partial charge in [0.25, 0.3) is 0 Å². The van der Waals surface area contributed by atoms with Crippen LogP contribution in [0.15, 0.2) is 151 Å². The minimum atomic E-state index is 1.02. The van der Waals surface area contributed by atoms with E-state index < -0.39 is 0 Å². The van der Waals surface area contributed by atoms with E-state index in [9.17, 15) is 0 Å². The molecule has 5 aromatic carbocycles. The lowest BCUT2D eigenvalue weighted by Gasteiger charge is -2.09. The van der Waals surface area contributed by atoms with Crippen molar-refractivity contribution >= 4 is 16.3 Å². The standard InChI is InChI=1S/C38H24/c1-2-5-15-31(14-4-1)38-36-25-27(19-21-30-17-10-16-29-13-8-9-18-33(29)30)20-23-34(36)35-24-22-32(26-37(35)38)28-11-6-3-7-12-28/h1-18,20,22-26H. The van der Waals surface area contributed by atoms with Crippen molar-refractivity contribution in [1.82, 2.24) is 0 Å². The summed E-state index contributed by atoms with van der Waals surface area (Å²) in [6.45, 7) is 0. The second kappa shape index (κ2) is 9.40. The Morgan fingerprint density at radius 3 is 2.00 bits per heavy atom. The largest absolute Gasteiger partial charge is 0.0622 e. The lowest BCUT2D eigenvalue weighted by molar-refractivity contribution is 1.58. The maximum absolute atomic E-state index is 3.46. The van der Waals surface area contributed by atoms with Crippen molar-refractivity contribution in [2.75, 3.05) is 0 Å². The third-order valence-corrected chi connectivity index (χ3v) is 7.28. The van der Waals surface area contributed by atoms with Crippen LogP contribution in [0.3, 0.4) is 0 Å². The molecule has 0 spiro atoms. The van der Waals surface area contributed by atoms with Crippen LogP contribution < -0.4 is 0 Å². The van der Waals surface area contributed by atoms with Crippen molar-refractivity contribution in [2.24, 2.45) is 0 Å². The molecule has 0 heteroatoms. The van der Waals surface area contributed by atoms with Gasteiger partial charge in [0.1, 0.15) is 0 Å². The summed E-state index contributed by atoms with van der Waals surface area (Å²) >= 11 is 0. The molecule has 0 nitrogen and oxygen atoms in total. The molecule has 0 aliphatic heterocycles. The Balaban J connectivity index is 1.38. The molecule has 5 aromatic rings. The van der Waals surface area contributed by atoms with Crippen LogP contribution in [0.4, 0.5) is 0 Å². The first-order valence-corrected chi connectivity index (χ1v) is 13.0. The Kier molecular flexibility index (Phi) is 5.47. The summed E-state index contributed by atoms with van der Waals surface area (Å²) in [7, 11) is 0. The van der Waals surface area contributed by atoms with E-state index in [4.69, 9.17) is 0 Å². The highest BCUT2D eigenvalue weighted by Gasteiger charge is 2.26. The SMILES string of the molecule is C(#Cc1cccc2ccccc12)c1ccc2c(c1)C(=C1C=CC=CC=C1)c1cc(-c3ccccc3)ccc1-2. The molecule has 0 heterocycles. The Hall–Kier alpha value is -5.12. The summed E-state index contributed by atoms with van der Waals surface area (Å²) < 4.78 is 0. The average Bonchev–Trinajstić information content (AvgIpc) is 3.10. The van der Waals surface area contributed by atoms with Crippen LogP contribution in [-0.4, -0.2) is 0 Å². The predicted molar refractivity (Wildman–Crippen MR) is 161 cm³/mol. The third-order valence-electron chi connectivity index (χ3n) is 7.28. The van der Waals surface area contributed by atoms with Gasteiger partial charge in [-0.05, 0) is 79.6 Å². The van der Waals surface area contributed by atoms with Gasteiger partial charge >= 0.3 is 0 Å². The van der Waals surface area contributed by atoms with Gasteiger partial charge in [-0.3, -0.25) is 0 Å². The smallest absolute Gasteiger partial charge is 0.0327 e. The van der Waals surface area contributed by atoms with Gasteiger partial charge in [-0.15, -0.1) is 0 Å². The van der Waals surface area contributed by atoms with Gasteiger partial charge in [0.15, 0.2) is 0 Å². The number of benzene rings is 5. The van der Waals surface area contributed by atoms with Gasteiger partial charge in [-0.25, -0.2) is 0 Å². The Morgan fingerprint density at radius 1 is 0.447 bits per heavy atom. The van der Waals surface area contributed by atoms with Crippen molar-refractivity contribution in [2.45, 2.75) is 0 Å². The van der Waals surface area contributed by atoms with E-state index in [1.165, 1.54) is 55.3 Å². The van der Waals surface area contributed by atoms with Gasteiger partial charge in [0.2, 0.25) is 0 Å². The normalized spacial score (nSPS) is 13.2. The molecular weight excluding hydrogens is 456 g/mol. The van der Waals surface area contributed by atoms with Gasteiger partial charge < -0.3 is 0 Å². The molecule has 38 heavy (non-hydrogen) atoms. The van der Waals surface area contributed by atoms with Gasteiger partial charge in [0.05, 0.1) is 0 Å². The lowest BCUT2D eigenvalue weighted by Crippen LogP contribution is -1.89. The number of fused-ring (bicyclic) bond motifs is 4. The molecule has 7 rings (SSSR count). The molecule has 0 saturated carbocycles. The highest BCUT2D eigenvalue weighted by molar-refractivity contribution is 6.04. The summed E-state index contributed by atoms with van der Waals surface area (Å²) in [5.74, 6) is 6.91. The summed E-state index contributed by atoms with van der Waals surface area (Å²) in [6.07, 6.45) is 12.8. The highest BCUT2D eigenvalue weighted by Crippen LogP contribution is 2.47. The van der Waals surface area contributed by atoms with E-state index >= 15 is 0 Å². The fourth-order valence-corrected chi connectivity index (χ4v) is 5.46. The average molecular weight is 481 g/mol. The fourth-order valence-electron chi connectivity index (χ4n) is 5.46. The molecule has 0 atom stereocenters. The van der Waals surface area contributed by atoms with E-state index in [1.807, 2.05) is 0 Å². The second-order valence-electron chi connectivity index (χ2n) is 9.60. The molecule has 0 N–H and O–H groups in total. The topological polar surface area (TPSA) is 0 Å². The minimum absolute atomic E-state index is 1.02. The highest BCUT2D eigenvalue weighted by atomic mass is 14.3. The van der Waals surface area contributed by atoms with E-state index in [-0.39, 0.29) is 0 Å². The molecule has 0 aromatic heterocycles. The first kappa shape index (κ1) is 22.1. The van der Waals surface area contributed by atoms with Gasteiger partial charge in [-0.1, -0.05) is 133 Å². The van der Waals surface area contributed by atoms with Crippen LogP contribution in [0.5, 0.6) is 0 Å². The van der Waals surface area contributed by atoms with Crippen molar-refractivity contribution in [1.29, 1.82) is 0 Å². The third kappa shape index (κ3) is 3.92. The van der Waals surface area contributed by atoms with E-state index in [0.717, 1.165) is 11.1 Å². The van der Waals surface area contributed by atoms with Crippen LogP contribution in [0.25, 0.3) is 38.6 Å². The summed E-state index contributed by atoms with van der Waals surface area (Å²) in [5, 5.41) is 2.40. The fraction of sp³-hybridized carbons (Fsp3) is 0. The molecule has 0 unspecified atom stereocenters. The summed E-state index contributed by atoms with van der Waals surface area (Å²) in [5.41, 5.74) is 12.0. The van der Waals surface area contributed by atoms with E-state index in [2.05, 4.69) is 157 Å². The van der Waals surface area contributed by atoms with Crippen LogP contribution in [0.2, 0.25) is 0 Å². The Bertz CT molecular complexity index is 1870. The molecule has 0 amide bonds. The lowest BCUT2D eigenvalue weighted by atomic mass is 9.94. The van der Waals surface area contributed by atoms with Gasteiger partial charge in [0, 0.05) is 11.1 Å². The second-order valence-corrected chi connectivity index (χ2v) is 9.60. The van der Waals surface area contributed by atoms with Crippen LogP contribution in [0.1, 0.15) is 22.3 Å². The number of allylic oxidation sites excluding steroid dienone is 7. The molecule has 2 aliphatic carbocycles. The molecule has 2 aliphatic rings. The Morgan fingerprint density at radius 2 is 1.16 bits per heavy atom. The zero-order valence-electron chi connectivity index (χ0n) is 20.9. The zero-order chi connectivity index (χ0) is 25.3. The molecule has 0 radical (unpaired) electrons. The van der Waals surface area contributed by atoms with E-state index in [1.54, 1.807) is 0 Å². The monoisotopic (exact) mass is 480 g/mol. The Labute approximate surface area is 223 Å². The first-order valence-electron chi connectivity index (χ1n) is 13.0. The zero-order valence-corrected chi connectivity index (χ0v) is 20.9. The predicted octanol–water partition coefficient (Wildman–Crippen LogP) is 9.37. The number of hydrogen-bond acceptors (Lipinski definition) is 0. The molecule has 0 saturated heterocycles. The van der Waals surface area contributed by atoms with E-state index in [0.29, 0.717) is 0 Å². The molecule has 176 valence electrons. The first-order chi connectivity index (χ1) is 18.8. The minimum Gasteiger partial charge on any atom is -0.0622 e. The van der Waals surface area contributed by atoms with Gasteiger partial charge in [-0.2, -0.15) is 0 Å². The molecule has 0 fully saturated rings. The van der Waals surface area contributed by atoms with Crippen molar-refractivity contribution in [3.63, 3.8) is 0 Å². The quantitative estimate of drug-likeness (QED) is 0.206. The van der Waals surface area contributed by atoms with Crippen LogP contribution >= 0.6 is 0 Å². The van der Waals surface area contributed by atoms with Crippen molar-refractivity contribution < 1.29 is 0 Å². The number of rotatable bonds is 1. The van der Waals surface area contributed by atoms with Crippen LogP contribution in [0, 0.1) is 11.8 Å². The van der Waals surface area contributed by atoms with Crippen molar-refractivity contribution in [3.05, 3.63) is 173 Å². The molecule has 0 bridgehead atoms. The molecular formula is C38H24. The maximum Gasteiger partial charge on any atom is 0.0327 e. The summed E-state index contributed by atoms with van der Waals surface area (Å²) in [6, 6.07) is 38.9. The summed E-state index contributed by atoms with van der Waals surface area (Å²) in [4.78, 5) is 0. The van der Waals surface area contributed by atoms with Crippen LogP contribution in [-0.2, 0) is 0 Å².